The predicted octanol–water partition coefficient (Wildman–Crippen LogP) is 2.73. The van der Waals surface area contributed by atoms with Crippen molar-refractivity contribution in [1.82, 2.24) is 15.0 Å². The van der Waals surface area contributed by atoms with Gasteiger partial charge in [-0.15, -0.1) is 0 Å². The zero-order valence-electron chi connectivity index (χ0n) is 13.0. The number of anilines is 3. The van der Waals surface area contributed by atoms with Crippen LogP contribution in [0.3, 0.4) is 0 Å². The number of hydrogen-bond donors (Lipinski definition) is 2. The van der Waals surface area contributed by atoms with Crippen LogP contribution in [0.15, 0.2) is 48.5 Å². The molecule has 3 aromatic rings. The fourth-order valence-electron chi connectivity index (χ4n) is 2.01. The molecular weight excluding hydrogens is 325 g/mol. The Kier molecular flexibility index (Phi) is 4.79. The van der Waals surface area contributed by atoms with Crippen molar-refractivity contribution in [2.24, 2.45) is 0 Å². The van der Waals surface area contributed by atoms with E-state index in [1.165, 1.54) is 12.1 Å². The van der Waals surface area contributed by atoms with Crippen LogP contribution in [0.4, 0.5) is 22.0 Å². The number of nitrogens with one attached hydrogen (secondary N) is 1. The molecule has 0 amide bonds. The van der Waals surface area contributed by atoms with Crippen LogP contribution in [0.25, 0.3) is 0 Å². The van der Waals surface area contributed by atoms with Gasteiger partial charge in [0, 0.05) is 11.3 Å². The molecule has 0 radical (unpaired) electrons. The van der Waals surface area contributed by atoms with Gasteiger partial charge in [0.15, 0.2) is 5.82 Å². The third-order valence-corrected chi connectivity index (χ3v) is 3.18. The normalized spacial score (nSPS) is 10.3. The first-order valence-electron chi connectivity index (χ1n) is 7.33. The van der Waals surface area contributed by atoms with E-state index in [0.29, 0.717) is 22.8 Å². The van der Waals surface area contributed by atoms with E-state index in [1.807, 2.05) is 0 Å². The summed E-state index contributed by atoms with van der Waals surface area (Å²) in [5.74, 6) is 0.827. The highest BCUT2D eigenvalue weighted by atomic mass is 19.1. The second kappa shape index (κ2) is 7.35. The Morgan fingerprint density at radius 2 is 1.76 bits per heavy atom. The Balaban J connectivity index is 1.69. The van der Waals surface area contributed by atoms with E-state index in [1.54, 1.807) is 36.4 Å². The topological polar surface area (TPSA) is 103 Å². The van der Waals surface area contributed by atoms with Crippen molar-refractivity contribution >= 4 is 23.9 Å². The van der Waals surface area contributed by atoms with Gasteiger partial charge in [-0.3, -0.25) is 4.79 Å². The molecule has 0 atom stereocenters. The molecular formula is C17H14FN5O2. The number of rotatable bonds is 6. The molecule has 1 heterocycles. The molecule has 25 heavy (non-hydrogen) atoms. The summed E-state index contributed by atoms with van der Waals surface area (Å²) in [5.41, 5.74) is 6.86. The lowest BCUT2D eigenvalue weighted by molar-refractivity contribution is 0.112. The fourth-order valence-corrected chi connectivity index (χ4v) is 2.01. The van der Waals surface area contributed by atoms with E-state index in [4.69, 9.17) is 10.5 Å². The van der Waals surface area contributed by atoms with E-state index in [-0.39, 0.29) is 24.3 Å². The minimum atomic E-state index is -0.338. The SMILES string of the molecule is Nc1nc(COc2ccc(C=O)cc2)nc(Nc2ccc(F)cc2)n1. The number of ether oxygens (including phenoxy) is 1. The molecule has 0 spiro atoms. The van der Waals surface area contributed by atoms with Gasteiger partial charge in [0.2, 0.25) is 11.9 Å². The molecule has 3 rings (SSSR count). The van der Waals surface area contributed by atoms with E-state index >= 15 is 0 Å². The number of nitrogen functional groups attached to an aromatic ring is 1. The Labute approximate surface area is 142 Å². The van der Waals surface area contributed by atoms with Gasteiger partial charge in [-0.1, -0.05) is 0 Å². The van der Waals surface area contributed by atoms with Crippen molar-refractivity contribution in [2.75, 3.05) is 11.1 Å². The molecule has 0 saturated carbocycles. The molecule has 8 heteroatoms. The molecule has 0 aliphatic rings. The standard InChI is InChI=1S/C17H14FN5O2/c18-12-3-5-13(6-4-12)20-17-22-15(21-16(19)23-17)10-25-14-7-1-11(9-24)2-8-14/h1-9H,10H2,(H3,19,20,21,22,23). The lowest BCUT2D eigenvalue weighted by Crippen LogP contribution is -2.09. The summed E-state index contributed by atoms with van der Waals surface area (Å²) in [4.78, 5) is 22.8. The van der Waals surface area contributed by atoms with E-state index in [2.05, 4.69) is 20.3 Å². The Morgan fingerprint density at radius 1 is 1.04 bits per heavy atom. The average Bonchev–Trinajstić information content (AvgIpc) is 2.62. The zero-order valence-corrected chi connectivity index (χ0v) is 13.0. The van der Waals surface area contributed by atoms with Crippen LogP contribution in [0.2, 0.25) is 0 Å². The van der Waals surface area contributed by atoms with Crippen LogP contribution in [-0.2, 0) is 6.61 Å². The second-order valence-corrected chi connectivity index (χ2v) is 5.04. The number of halogens is 1. The number of carbonyl (C=O) groups is 1. The van der Waals surface area contributed by atoms with Crippen LogP contribution >= 0.6 is 0 Å². The van der Waals surface area contributed by atoms with Crippen LogP contribution < -0.4 is 15.8 Å². The van der Waals surface area contributed by atoms with Gasteiger partial charge in [0.05, 0.1) is 0 Å². The Morgan fingerprint density at radius 3 is 2.44 bits per heavy atom. The number of aldehydes is 1. The van der Waals surface area contributed by atoms with Crippen LogP contribution in [0.5, 0.6) is 5.75 Å². The van der Waals surface area contributed by atoms with Gasteiger partial charge in [0.1, 0.15) is 24.5 Å². The molecule has 0 fully saturated rings. The summed E-state index contributed by atoms with van der Waals surface area (Å²) in [5, 5.41) is 2.92. The van der Waals surface area contributed by atoms with Gasteiger partial charge < -0.3 is 15.8 Å². The average molecular weight is 339 g/mol. The molecule has 7 nitrogen and oxygen atoms in total. The Bertz CT molecular complexity index is 869. The largest absolute Gasteiger partial charge is 0.486 e. The summed E-state index contributed by atoms with van der Waals surface area (Å²) >= 11 is 0. The first-order chi connectivity index (χ1) is 12.1. The van der Waals surface area contributed by atoms with Gasteiger partial charge in [-0.2, -0.15) is 15.0 Å². The van der Waals surface area contributed by atoms with E-state index in [0.717, 1.165) is 6.29 Å². The van der Waals surface area contributed by atoms with Crippen molar-refractivity contribution in [3.05, 3.63) is 65.7 Å². The van der Waals surface area contributed by atoms with Crippen LogP contribution in [-0.4, -0.2) is 21.2 Å². The van der Waals surface area contributed by atoms with Crippen molar-refractivity contribution in [3.63, 3.8) is 0 Å². The minimum absolute atomic E-state index is 0.0366. The first-order valence-corrected chi connectivity index (χ1v) is 7.33. The maximum absolute atomic E-state index is 12.9. The number of benzene rings is 2. The summed E-state index contributed by atoms with van der Waals surface area (Å²) in [6, 6.07) is 12.4. The molecule has 0 bridgehead atoms. The molecule has 3 N–H and O–H groups in total. The summed E-state index contributed by atoms with van der Waals surface area (Å²) in [6.07, 6.45) is 0.754. The smallest absolute Gasteiger partial charge is 0.232 e. The van der Waals surface area contributed by atoms with Gasteiger partial charge in [-0.05, 0) is 48.5 Å². The van der Waals surface area contributed by atoms with Gasteiger partial charge in [0.25, 0.3) is 0 Å². The molecule has 2 aromatic carbocycles. The summed E-state index contributed by atoms with van der Waals surface area (Å²) in [7, 11) is 0. The number of nitrogens with zero attached hydrogens (tertiary/aromatic N) is 3. The highest BCUT2D eigenvalue weighted by molar-refractivity contribution is 5.74. The number of hydrogen-bond acceptors (Lipinski definition) is 7. The summed E-state index contributed by atoms with van der Waals surface area (Å²) < 4.78 is 18.5. The quantitative estimate of drug-likeness (QED) is 0.666. The van der Waals surface area contributed by atoms with Crippen LogP contribution in [0, 0.1) is 5.82 Å². The third-order valence-electron chi connectivity index (χ3n) is 3.18. The highest BCUT2D eigenvalue weighted by Crippen LogP contribution is 2.16. The molecule has 0 unspecified atom stereocenters. The lowest BCUT2D eigenvalue weighted by Gasteiger charge is -2.09. The molecule has 0 aliphatic carbocycles. The minimum Gasteiger partial charge on any atom is -0.486 e. The highest BCUT2D eigenvalue weighted by Gasteiger charge is 2.06. The fraction of sp³-hybridized carbons (Fsp3) is 0.0588. The van der Waals surface area contributed by atoms with Crippen molar-refractivity contribution in [2.45, 2.75) is 6.61 Å². The molecule has 0 aliphatic heterocycles. The monoisotopic (exact) mass is 339 g/mol. The molecule has 0 saturated heterocycles. The number of carbonyl (C=O) groups excluding carboxylic acids is 1. The summed E-state index contributed by atoms with van der Waals surface area (Å²) in [6.45, 7) is 0.0747. The number of nitrogens with two attached hydrogens (primary N) is 1. The van der Waals surface area contributed by atoms with Gasteiger partial charge >= 0.3 is 0 Å². The third kappa shape index (κ3) is 4.47. The first kappa shape index (κ1) is 16.3. The Hall–Kier alpha value is -3.55. The van der Waals surface area contributed by atoms with Gasteiger partial charge in [-0.25, -0.2) is 4.39 Å². The van der Waals surface area contributed by atoms with Crippen LogP contribution in [0.1, 0.15) is 16.2 Å². The second-order valence-electron chi connectivity index (χ2n) is 5.04. The predicted molar refractivity (Wildman–Crippen MR) is 90.1 cm³/mol. The lowest BCUT2D eigenvalue weighted by atomic mass is 10.2. The van der Waals surface area contributed by atoms with E-state index < -0.39 is 0 Å². The molecule has 126 valence electrons. The van der Waals surface area contributed by atoms with Crippen molar-refractivity contribution < 1.29 is 13.9 Å². The maximum atomic E-state index is 12.9. The zero-order chi connectivity index (χ0) is 17.6. The molecule has 1 aromatic heterocycles. The maximum Gasteiger partial charge on any atom is 0.232 e. The van der Waals surface area contributed by atoms with E-state index in [9.17, 15) is 9.18 Å². The van der Waals surface area contributed by atoms with Crippen molar-refractivity contribution in [3.8, 4) is 5.75 Å². The van der Waals surface area contributed by atoms with Crippen molar-refractivity contribution in [1.29, 1.82) is 0 Å². The number of aromatic nitrogens is 3.